The third-order valence-electron chi connectivity index (χ3n) is 3.13. The number of rotatable bonds is 6. The maximum absolute atomic E-state index is 12.1. The zero-order chi connectivity index (χ0) is 13.8. The van der Waals surface area contributed by atoms with Crippen molar-refractivity contribution in [2.24, 2.45) is 5.73 Å². The van der Waals surface area contributed by atoms with Gasteiger partial charge >= 0.3 is 0 Å². The molecular weight excluding hydrogens is 272 g/mol. The van der Waals surface area contributed by atoms with E-state index in [0.717, 1.165) is 0 Å². The van der Waals surface area contributed by atoms with Gasteiger partial charge in [-0.2, -0.15) is 0 Å². The zero-order valence-corrected chi connectivity index (χ0v) is 12.6. The maximum atomic E-state index is 12.1. The Labute approximate surface area is 113 Å². The van der Waals surface area contributed by atoms with Gasteiger partial charge in [-0.3, -0.25) is 4.79 Å². The van der Waals surface area contributed by atoms with Gasteiger partial charge in [0.2, 0.25) is 5.91 Å². The molecule has 0 aliphatic carbocycles. The van der Waals surface area contributed by atoms with Crippen molar-refractivity contribution in [2.45, 2.75) is 31.6 Å². The molecule has 18 heavy (non-hydrogen) atoms. The molecule has 1 saturated heterocycles. The number of thioether (sulfide) groups is 1. The fourth-order valence-corrected chi connectivity index (χ4v) is 4.48. The van der Waals surface area contributed by atoms with Crippen molar-refractivity contribution in [3.8, 4) is 0 Å². The smallest absolute Gasteiger partial charge is 0.232 e. The molecule has 7 heteroatoms. The van der Waals surface area contributed by atoms with Gasteiger partial charge in [0.15, 0.2) is 9.84 Å². The highest BCUT2D eigenvalue weighted by Crippen LogP contribution is 2.19. The number of hydrogen-bond acceptors (Lipinski definition) is 5. The lowest BCUT2D eigenvalue weighted by Gasteiger charge is -2.27. The SMILES string of the molecule is CCN(C(=O)CSC(C)CN)C1CCS(=O)(=O)C1. The molecule has 2 atom stereocenters. The van der Waals surface area contributed by atoms with E-state index in [1.165, 1.54) is 11.8 Å². The number of nitrogens with two attached hydrogens (primary N) is 1. The molecule has 0 aromatic carbocycles. The highest BCUT2D eigenvalue weighted by molar-refractivity contribution is 8.00. The van der Waals surface area contributed by atoms with E-state index in [4.69, 9.17) is 5.73 Å². The highest BCUT2D eigenvalue weighted by Gasteiger charge is 2.33. The van der Waals surface area contributed by atoms with E-state index in [0.29, 0.717) is 25.3 Å². The van der Waals surface area contributed by atoms with Gasteiger partial charge in [0.05, 0.1) is 17.3 Å². The van der Waals surface area contributed by atoms with Gasteiger partial charge in [0, 0.05) is 24.4 Å². The Kier molecular flexibility index (Phi) is 5.94. The predicted octanol–water partition coefficient (Wildman–Crippen LogP) is 0.102. The Morgan fingerprint density at radius 2 is 2.22 bits per heavy atom. The molecule has 1 fully saturated rings. The molecular formula is C11H22N2O3S2. The maximum Gasteiger partial charge on any atom is 0.232 e. The van der Waals surface area contributed by atoms with E-state index in [1.54, 1.807) is 4.90 Å². The van der Waals surface area contributed by atoms with E-state index in [-0.39, 0.29) is 28.7 Å². The zero-order valence-electron chi connectivity index (χ0n) is 11.0. The summed E-state index contributed by atoms with van der Waals surface area (Å²) in [4.78, 5) is 13.8. The molecule has 0 saturated carbocycles. The van der Waals surface area contributed by atoms with Crippen LogP contribution >= 0.6 is 11.8 Å². The number of carbonyl (C=O) groups is 1. The van der Waals surface area contributed by atoms with Crippen molar-refractivity contribution in [1.29, 1.82) is 0 Å². The normalized spacial score (nSPS) is 23.8. The number of sulfone groups is 1. The number of carbonyl (C=O) groups excluding carboxylic acids is 1. The molecule has 0 bridgehead atoms. The molecule has 1 amide bonds. The fourth-order valence-electron chi connectivity index (χ4n) is 2.02. The van der Waals surface area contributed by atoms with E-state index in [1.807, 2.05) is 13.8 Å². The summed E-state index contributed by atoms with van der Waals surface area (Å²) in [6.07, 6.45) is 0.568. The second kappa shape index (κ2) is 6.77. The summed E-state index contributed by atoms with van der Waals surface area (Å²) in [5, 5.41) is 0.250. The largest absolute Gasteiger partial charge is 0.338 e. The minimum absolute atomic E-state index is 0.0184. The minimum atomic E-state index is -2.94. The van der Waals surface area contributed by atoms with Crippen LogP contribution in [0.4, 0.5) is 0 Å². The Morgan fingerprint density at radius 3 is 2.67 bits per heavy atom. The molecule has 106 valence electrons. The molecule has 0 aromatic heterocycles. The summed E-state index contributed by atoms with van der Waals surface area (Å²) in [5.74, 6) is 0.713. The molecule has 1 heterocycles. The second-order valence-electron chi connectivity index (χ2n) is 4.59. The van der Waals surface area contributed by atoms with Crippen LogP contribution in [0.1, 0.15) is 20.3 Å². The molecule has 5 nitrogen and oxygen atoms in total. The van der Waals surface area contributed by atoms with Crippen molar-refractivity contribution in [3.63, 3.8) is 0 Å². The van der Waals surface area contributed by atoms with Crippen LogP contribution in [0.5, 0.6) is 0 Å². The van der Waals surface area contributed by atoms with E-state index in [9.17, 15) is 13.2 Å². The van der Waals surface area contributed by atoms with Crippen molar-refractivity contribution in [1.82, 2.24) is 4.90 Å². The van der Waals surface area contributed by atoms with Crippen LogP contribution in [-0.4, -0.2) is 60.9 Å². The third-order valence-corrected chi connectivity index (χ3v) is 6.06. The molecule has 0 radical (unpaired) electrons. The molecule has 1 aliphatic heterocycles. The van der Waals surface area contributed by atoms with Crippen molar-refractivity contribution in [3.05, 3.63) is 0 Å². The predicted molar refractivity (Wildman–Crippen MR) is 75.4 cm³/mol. The standard InChI is InChI=1S/C11H22N2O3S2/c1-3-13(10-4-5-18(15,16)8-10)11(14)7-17-9(2)6-12/h9-10H,3-8,12H2,1-2H3. The molecule has 2 N–H and O–H groups in total. The first kappa shape index (κ1) is 15.8. The quantitative estimate of drug-likeness (QED) is 0.751. The van der Waals surface area contributed by atoms with Gasteiger partial charge in [0.25, 0.3) is 0 Å². The number of hydrogen-bond donors (Lipinski definition) is 1. The van der Waals surface area contributed by atoms with Gasteiger partial charge in [-0.1, -0.05) is 6.92 Å². The number of amides is 1. The summed E-state index contributed by atoms with van der Waals surface area (Å²) < 4.78 is 22.9. The minimum Gasteiger partial charge on any atom is -0.338 e. The van der Waals surface area contributed by atoms with Crippen LogP contribution in [0.2, 0.25) is 0 Å². The first-order valence-electron chi connectivity index (χ1n) is 6.21. The Hall–Kier alpha value is -0.270. The van der Waals surface area contributed by atoms with E-state index >= 15 is 0 Å². The monoisotopic (exact) mass is 294 g/mol. The van der Waals surface area contributed by atoms with Crippen LogP contribution in [0.15, 0.2) is 0 Å². The van der Waals surface area contributed by atoms with Crippen molar-refractivity contribution in [2.75, 3.05) is 30.3 Å². The van der Waals surface area contributed by atoms with Gasteiger partial charge in [-0.15, -0.1) is 11.8 Å². The summed E-state index contributed by atoms with van der Waals surface area (Å²) in [7, 11) is -2.94. The first-order valence-corrected chi connectivity index (χ1v) is 9.08. The van der Waals surface area contributed by atoms with Gasteiger partial charge in [-0.25, -0.2) is 8.42 Å². The van der Waals surface area contributed by atoms with Crippen LogP contribution in [0.25, 0.3) is 0 Å². The fraction of sp³-hybridized carbons (Fsp3) is 0.909. The van der Waals surface area contributed by atoms with Crippen LogP contribution < -0.4 is 5.73 Å². The topological polar surface area (TPSA) is 80.5 Å². The summed E-state index contributed by atoms with van der Waals surface area (Å²) in [6.45, 7) is 4.98. The Balaban J connectivity index is 2.53. The summed E-state index contributed by atoms with van der Waals surface area (Å²) >= 11 is 1.52. The lowest BCUT2D eigenvalue weighted by Crippen LogP contribution is -2.42. The van der Waals surface area contributed by atoms with Crippen LogP contribution in [-0.2, 0) is 14.6 Å². The summed E-state index contributed by atoms with van der Waals surface area (Å²) in [5.41, 5.74) is 5.50. The molecule has 1 aliphatic rings. The molecule has 1 rings (SSSR count). The molecule has 0 spiro atoms. The summed E-state index contributed by atoms with van der Waals surface area (Å²) in [6, 6.07) is -0.138. The number of nitrogens with zero attached hydrogens (tertiary/aromatic N) is 1. The van der Waals surface area contributed by atoms with Gasteiger partial charge in [0.1, 0.15) is 0 Å². The van der Waals surface area contributed by atoms with E-state index in [2.05, 4.69) is 0 Å². The lowest BCUT2D eigenvalue weighted by molar-refractivity contribution is -0.129. The first-order chi connectivity index (χ1) is 8.39. The average Bonchev–Trinajstić information content (AvgIpc) is 2.67. The average molecular weight is 294 g/mol. The highest BCUT2D eigenvalue weighted by atomic mass is 32.2. The molecule has 2 unspecified atom stereocenters. The van der Waals surface area contributed by atoms with Crippen molar-refractivity contribution >= 4 is 27.5 Å². The second-order valence-corrected chi connectivity index (χ2v) is 8.25. The Morgan fingerprint density at radius 1 is 1.56 bits per heavy atom. The van der Waals surface area contributed by atoms with Crippen LogP contribution in [0, 0.1) is 0 Å². The van der Waals surface area contributed by atoms with Crippen molar-refractivity contribution < 1.29 is 13.2 Å². The van der Waals surface area contributed by atoms with E-state index < -0.39 is 9.84 Å². The molecule has 0 aromatic rings. The Bertz CT molecular complexity index is 384. The third kappa shape index (κ3) is 4.44. The van der Waals surface area contributed by atoms with Crippen LogP contribution in [0.3, 0.4) is 0 Å². The van der Waals surface area contributed by atoms with Gasteiger partial charge in [-0.05, 0) is 13.3 Å². The lowest BCUT2D eigenvalue weighted by atomic mass is 10.2. The van der Waals surface area contributed by atoms with Gasteiger partial charge < -0.3 is 10.6 Å².